The van der Waals surface area contributed by atoms with Gasteiger partial charge in [-0.25, -0.2) is 4.79 Å². The topological polar surface area (TPSA) is 26.3 Å². The van der Waals surface area contributed by atoms with Gasteiger partial charge in [0, 0.05) is 6.92 Å². The lowest BCUT2D eigenvalue weighted by molar-refractivity contribution is -0.131. The van der Waals surface area contributed by atoms with E-state index < -0.39 is 7.49 Å². The molecule has 0 spiro atoms. The molecule has 0 aliphatic rings. The Hall–Kier alpha value is -0.100. The second-order valence-electron chi connectivity index (χ2n) is 4.87. The molecule has 0 aromatic rings. The molecule has 0 fully saturated rings. The normalized spacial score (nSPS) is 11.5. The van der Waals surface area contributed by atoms with E-state index in [1.807, 2.05) is 0 Å². The molecular weight excluding hydrogens is 231 g/mol. The first kappa shape index (κ1) is 16.9. The van der Waals surface area contributed by atoms with E-state index in [4.69, 9.17) is 4.52 Å². The van der Waals surface area contributed by atoms with Gasteiger partial charge < -0.3 is 4.52 Å². The fraction of sp³-hybridized carbons (Fsp3) is 0.929. The fourth-order valence-corrected chi connectivity index (χ4v) is 6.25. The highest BCUT2D eigenvalue weighted by Crippen LogP contribution is 2.61. The van der Waals surface area contributed by atoms with Crippen LogP contribution >= 0.6 is 7.49 Å². The predicted molar refractivity (Wildman–Crippen MR) is 78.0 cm³/mol. The minimum Gasteiger partial charge on any atom is -0.314 e. The van der Waals surface area contributed by atoms with Crippen molar-refractivity contribution in [2.75, 3.05) is 18.5 Å². The molecule has 102 valence electrons. The molecular formula is C14H30O2P+. The van der Waals surface area contributed by atoms with Crippen LogP contribution in [0.5, 0.6) is 0 Å². The van der Waals surface area contributed by atoms with Gasteiger partial charge in [-0.3, -0.25) is 0 Å². The maximum absolute atomic E-state index is 11.4. The zero-order valence-electron chi connectivity index (χ0n) is 12.1. The maximum Gasteiger partial charge on any atom is 0.346 e. The predicted octanol–water partition coefficient (Wildman–Crippen LogP) is 4.88. The lowest BCUT2D eigenvalue weighted by Crippen LogP contribution is -2.14. The molecule has 0 aliphatic carbocycles. The van der Waals surface area contributed by atoms with Gasteiger partial charge in [-0.2, -0.15) is 0 Å². The summed E-state index contributed by atoms with van der Waals surface area (Å²) in [6.45, 7) is 8.20. The third kappa shape index (κ3) is 7.76. The van der Waals surface area contributed by atoms with Crippen LogP contribution in [-0.2, 0) is 9.32 Å². The van der Waals surface area contributed by atoms with Crippen LogP contribution in [0.2, 0.25) is 0 Å². The summed E-state index contributed by atoms with van der Waals surface area (Å²) < 4.78 is 5.82. The maximum atomic E-state index is 11.4. The third-order valence-electron chi connectivity index (χ3n) is 3.08. The van der Waals surface area contributed by atoms with Gasteiger partial charge in [0.1, 0.15) is 0 Å². The Morgan fingerprint density at radius 1 is 0.882 bits per heavy atom. The van der Waals surface area contributed by atoms with Crippen LogP contribution in [0, 0.1) is 0 Å². The first-order valence-electron chi connectivity index (χ1n) is 7.16. The molecule has 0 heterocycles. The molecule has 0 aromatic heterocycles. The molecule has 0 atom stereocenters. The van der Waals surface area contributed by atoms with E-state index in [0.717, 1.165) is 18.5 Å². The van der Waals surface area contributed by atoms with Gasteiger partial charge in [0.25, 0.3) is 0 Å². The van der Waals surface area contributed by atoms with Crippen molar-refractivity contribution in [3.63, 3.8) is 0 Å². The molecule has 0 aromatic carbocycles. The zero-order chi connectivity index (χ0) is 13.1. The molecule has 3 heteroatoms. The largest absolute Gasteiger partial charge is 0.346 e. The Kier molecular flexibility index (Phi) is 9.82. The number of carbonyl (C=O) groups excluding carboxylic acids is 1. The summed E-state index contributed by atoms with van der Waals surface area (Å²) in [6, 6.07) is 0. The van der Waals surface area contributed by atoms with Crippen LogP contribution in [0.4, 0.5) is 0 Å². The molecule has 2 nitrogen and oxygen atoms in total. The van der Waals surface area contributed by atoms with E-state index in [-0.39, 0.29) is 5.97 Å². The lowest BCUT2D eigenvalue weighted by Gasteiger charge is -2.24. The SMILES string of the molecule is CCCC[P+](CCCC)(CCCC)OC(C)=O. The Morgan fingerprint density at radius 2 is 1.24 bits per heavy atom. The molecule has 0 radical (unpaired) electrons. The number of carbonyl (C=O) groups is 1. The zero-order valence-corrected chi connectivity index (χ0v) is 13.0. The number of unbranched alkanes of at least 4 members (excludes halogenated alkanes) is 3. The van der Waals surface area contributed by atoms with E-state index >= 15 is 0 Å². The van der Waals surface area contributed by atoms with Crippen LogP contribution in [0.3, 0.4) is 0 Å². The molecule has 0 aliphatic heterocycles. The van der Waals surface area contributed by atoms with Crippen LogP contribution in [0.15, 0.2) is 0 Å². The summed E-state index contributed by atoms with van der Waals surface area (Å²) in [4.78, 5) is 11.4. The second kappa shape index (κ2) is 9.88. The van der Waals surface area contributed by atoms with Crippen molar-refractivity contribution in [1.29, 1.82) is 0 Å². The van der Waals surface area contributed by atoms with Gasteiger partial charge in [-0.05, 0) is 19.3 Å². The highest BCUT2D eigenvalue weighted by Gasteiger charge is 2.40. The standard InChI is InChI=1S/C14H30O2P/c1-5-8-11-17(12-9-6-2,13-10-7-3)16-14(4)15/h5-13H2,1-4H3/q+1. The van der Waals surface area contributed by atoms with Crippen molar-refractivity contribution < 1.29 is 9.32 Å². The number of rotatable bonds is 10. The summed E-state index contributed by atoms with van der Waals surface area (Å²) in [5.41, 5.74) is 0. The van der Waals surface area contributed by atoms with Gasteiger partial charge in [0.15, 0.2) is 7.49 Å². The average Bonchev–Trinajstić information content (AvgIpc) is 2.30. The van der Waals surface area contributed by atoms with E-state index in [1.54, 1.807) is 6.92 Å². The molecule has 0 unspecified atom stereocenters. The Bertz CT molecular complexity index is 183. The van der Waals surface area contributed by atoms with Crippen molar-refractivity contribution in [2.24, 2.45) is 0 Å². The fourth-order valence-electron chi connectivity index (χ4n) is 2.08. The smallest absolute Gasteiger partial charge is 0.314 e. The summed E-state index contributed by atoms with van der Waals surface area (Å²) in [7, 11) is -1.45. The minimum atomic E-state index is -1.45. The molecule has 0 N–H and O–H groups in total. The molecule has 0 rings (SSSR count). The van der Waals surface area contributed by atoms with Gasteiger partial charge in [-0.15, -0.1) is 0 Å². The number of hydrogen-bond donors (Lipinski definition) is 0. The lowest BCUT2D eigenvalue weighted by atomic mass is 10.4. The van der Waals surface area contributed by atoms with E-state index in [1.165, 1.54) is 38.5 Å². The Labute approximate surface area is 108 Å². The summed E-state index contributed by atoms with van der Waals surface area (Å²) in [6.07, 6.45) is 10.6. The molecule has 0 saturated carbocycles. The molecule has 0 amide bonds. The first-order valence-corrected chi connectivity index (χ1v) is 9.42. The molecule has 0 saturated heterocycles. The Balaban J connectivity index is 4.56. The van der Waals surface area contributed by atoms with Crippen molar-refractivity contribution >= 4 is 13.5 Å². The van der Waals surface area contributed by atoms with Gasteiger partial charge in [0.05, 0.1) is 18.5 Å². The van der Waals surface area contributed by atoms with Gasteiger partial charge >= 0.3 is 5.97 Å². The molecule has 17 heavy (non-hydrogen) atoms. The monoisotopic (exact) mass is 261 g/mol. The minimum absolute atomic E-state index is 0.0679. The van der Waals surface area contributed by atoms with Gasteiger partial charge in [-0.1, -0.05) is 40.0 Å². The summed E-state index contributed by atoms with van der Waals surface area (Å²) >= 11 is 0. The van der Waals surface area contributed by atoms with Crippen molar-refractivity contribution in [2.45, 2.75) is 66.2 Å². The van der Waals surface area contributed by atoms with E-state index in [0.29, 0.717) is 0 Å². The average molecular weight is 261 g/mol. The van der Waals surface area contributed by atoms with Crippen LogP contribution < -0.4 is 0 Å². The van der Waals surface area contributed by atoms with E-state index in [9.17, 15) is 4.79 Å². The van der Waals surface area contributed by atoms with Gasteiger partial charge in [0.2, 0.25) is 0 Å². The van der Waals surface area contributed by atoms with Crippen molar-refractivity contribution in [3.05, 3.63) is 0 Å². The highest BCUT2D eigenvalue weighted by molar-refractivity contribution is 7.71. The van der Waals surface area contributed by atoms with Crippen molar-refractivity contribution in [3.8, 4) is 0 Å². The Morgan fingerprint density at radius 3 is 1.47 bits per heavy atom. The van der Waals surface area contributed by atoms with E-state index in [2.05, 4.69) is 20.8 Å². The number of hydrogen-bond acceptors (Lipinski definition) is 2. The van der Waals surface area contributed by atoms with Crippen molar-refractivity contribution in [1.82, 2.24) is 0 Å². The van der Waals surface area contributed by atoms with Crippen LogP contribution in [-0.4, -0.2) is 24.5 Å². The quantitative estimate of drug-likeness (QED) is 0.524. The first-order chi connectivity index (χ1) is 8.10. The third-order valence-corrected chi connectivity index (χ3v) is 7.12. The molecule has 0 bridgehead atoms. The summed E-state index contributed by atoms with van der Waals surface area (Å²) in [5, 5.41) is 0. The summed E-state index contributed by atoms with van der Waals surface area (Å²) in [5.74, 6) is -0.0679. The highest BCUT2D eigenvalue weighted by atomic mass is 31.2. The van der Waals surface area contributed by atoms with Crippen LogP contribution in [0.25, 0.3) is 0 Å². The second-order valence-corrected chi connectivity index (χ2v) is 8.51. The van der Waals surface area contributed by atoms with Crippen LogP contribution in [0.1, 0.15) is 66.2 Å².